The van der Waals surface area contributed by atoms with E-state index in [0.29, 0.717) is 13.0 Å². The van der Waals surface area contributed by atoms with Crippen LogP contribution >= 0.6 is 0 Å². The Kier molecular flexibility index (Phi) is 4.46. The Morgan fingerprint density at radius 2 is 1.94 bits per heavy atom. The molecular weight excluding hydrogens is 214 g/mol. The number of hydrogen-bond acceptors (Lipinski definition) is 4. The Labute approximate surface area is 91.7 Å². The molecule has 0 radical (unpaired) electrons. The molecule has 0 aliphatic carbocycles. The summed E-state index contributed by atoms with van der Waals surface area (Å²) in [7, 11) is 0. The molecule has 1 heterocycles. The zero-order valence-corrected chi connectivity index (χ0v) is 8.59. The molecule has 0 bridgehead atoms. The molecule has 0 fully saturated rings. The first-order valence-corrected chi connectivity index (χ1v) is 4.71. The molecular formula is C9H13N3O4. The van der Waals surface area contributed by atoms with Gasteiger partial charge < -0.3 is 15.2 Å². The molecule has 7 nitrogen and oxygen atoms in total. The Morgan fingerprint density at radius 3 is 2.38 bits per heavy atom. The van der Waals surface area contributed by atoms with Gasteiger partial charge in [-0.05, 0) is 0 Å². The van der Waals surface area contributed by atoms with Crippen molar-refractivity contribution < 1.29 is 19.8 Å². The second-order valence-corrected chi connectivity index (χ2v) is 3.32. The molecule has 0 unspecified atom stereocenters. The van der Waals surface area contributed by atoms with E-state index in [4.69, 9.17) is 10.2 Å². The average Bonchev–Trinajstić information content (AvgIpc) is 2.64. The van der Waals surface area contributed by atoms with Gasteiger partial charge in [-0.1, -0.05) is 0 Å². The van der Waals surface area contributed by atoms with Crippen LogP contribution in [0.5, 0.6) is 0 Å². The SMILES string of the molecule is O=C(O)CN(CCc1cnc[nH]1)CC(=O)O. The van der Waals surface area contributed by atoms with Crippen molar-refractivity contribution in [3.05, 3.63) is 18.2 Å². The minimum absolute atomic E-state index is 0.277. The van der Waals surface area contributed by atoms with Crippen LogP contribution in [0.2, 0.25) is 0 Å². The fraction of sp³-hybridized carbons (Fsp3) is 0.444. The Balaban J connectivity index is 2.43. The first-order chi connectivity index (χ1) is 7.58. The summed E-state index contributed by atoms with van der Waals surface area (Å²) < 4.78 is 0. The molecule has 0 atom stereocenters. The number of H-pyrrole nitrogens is 1. The highest BCUT2D eigenvalue weighted by molar-refractivity contribution is 5.72. The van der Waals surface area contributed by atoms with Crippen LogP contribution in [-0.2, 0) is 16.0 Å². The van der Waals surface area contributed by atoms with Crippen LogP contribution < -0.4 is 0 Å². The summed E-state index contributed by atoms with van der Waals surface area (Å²) in [4.78, 5) is 29.0. The second-order valence-electron chi connectivity index (χ2n) is 3.32. The highest BCUT2D eigenvalue weighted by Crippen LogP contribution is 1.96. The maximum absolute atomic E-state index is 10.5. The van der Waals surface area contributed by atoms with Crippen molar-refractivity contribution in [1.82, 2.24) is 14.9 Å². The van der Waals surface area contributed by atoms with Crippen LogP contribution in [0.3, 0.4) is 0 Å². The molecule has 88 valence electrons. The molecule has 0 aliphatic rings. The van der Waals surface area contributed by atoms with Crippen molar-refractivity contribution in [3.63, 3.8) is 0 Å². The molecule has 0 saturated heterocycles. The molecule has 1 rings (SSSR count). The first-order valence-electron chi connectivity index (χ1n) is 4.71. The summed E-state index contributed by atoms with van der Waals surface area (Å²) >= 11 is 0. The molecule has 0 aromatic carbocycles. The highest BCUT2D eigenvalue weighted by Gasteiger charge is 2.13. The number of carboxylic acid groups (broad SMARTS) is 2. The smallest absolute Gasteiger partial charge is 0.317 e. The van der Waals surface area contributed by atoms with E-state index in [1.54, 1.807) is 6.20 Å². The van der Waals surface area contributed by atoms with E-state index in [1.165, 1.54) is 11.2 Å². The summed E-state index contributed by atoms with van der Waals surface area (Å²) in [6.45, 7) is -0.193. The van der Waals surface area contributed by atoms with Gasteiger partial charge in [0.2, 0.25) is 0 Å². The summed E-state index contributed by atoms with van der Waals surface area (Å²) in [6, 6.07) is 0. The lowest BCUT2D eigenvalue weighted by Crippen LogP contribution is -2.36. The van der Waals surface area contributed by atoms with Crippen molar-refractivity contribution in [2.24, 2.45) is 0 Å². The zero-order chi connectivity index (χ0) is 12.0. The summed E-state index contributed by atoms with van der Waals surface area (Å²) in [5.41, 5.74) is 0.848. The van der Waals surface area contributed by atoms with Gasteiger partial charge in [0.05, 0.1) is 19.4 Å². The van der Waals surface area contributed by atoms with Crippen molar-refractivity contribution in [3.8, 4) is 0 Å². The van der Waals surface area contributed by atoms with Gasteiger partial charge in [-0.25, -0.2) is 4.98 Å². The lowest BCUT2D eigenvalue weighted by Gasteiger charge is -2.16. The number of aromatic nitrogens is 2. The quantitative estimate of drug-likeness (QED) is 0.575. The number of nitrogens with zero attached hydrogens (tertiary/aromatic N) is 2. The predicted octanol–water partition coefficient (Wildman–Crippen LogP) is -0.577. The van der Waals surface area contributed by atoms with E-state index in [1.807, 2.05) is 0 Å². The minimum Gasteiger partial charge on any atom is -0.480 e. The van der Waals surface area contributed by atoms with Gasteiger partial charge in [0.25, 0.3) is 0 Å². The normalized spacial score (nSPS) is 10.6. The van der Waals surface area contributed by atoms with E-state index in [2.05, 4.69) is 9.97 Å². The van der Waals surface area contributed by atoms with Crippen molar-refractivity contribution in [2.45, 2.75) is 6.42 Å². The summed E-state index contributed by atoms with van der Waals surface area (Å²) in [5.74, 6) is -2.07. The number of hydrogen-bond donors (Lipinski definition) is 3. The lowest BCUT2D eigenvalue weighted by atomic mass is 10.3. The van der Waals surface area contributed by atoms with Gasteiger partial charge in [-0.3, -0.25) is 14.5 Å². The predicted molar refractivity (Wildman–Crippen MR) is 54.0 cm³/mol. The van der Waals surface area contributed by atoms with Gasteiger partial charge in [0, 0.05) is 24.9 Å². The maximum Gasteiger partial charge on any atom is 0.317 e. The van der Waals surface area contributed by atoms with Crippen LogP contribution in [0.25, 0.3) is 0 Å². The minimum atomic E-state index is -1.04. The molecule has 1 aromatic heterocycles. The molecule has 0 amide bonds. The van der Waals surface area contributed by atoms with Gasteiger partial charge in [0.1, 0.15) is 0 Å². The highest BCUT2D eigenvalue weighted by atomic mass is 16.4. The van der Waals surface area contributed by atoms with Gasteiger partial charge in [-0.15, -0.1) is 0 Å². The third-order valence-corrected chi connectivity index (χ3v) is 1.97. The van der Waals surface area contributed by atoms with Crippen molar-refractivity contribution in [1.29, 1.82) is 0 Å². The van der Waals surface area contributed by atoms with Crippen LogP contribution in [0.1, 0.15) is 5.69 Å². The fourth-order valence-corrected chi connectivity index (χ4v) is 1.30. The maximum atomic E-state index is 10.5. The number of rotatable bonds is 7. The number of nitrogens with one attached hydrogen (secondary N) is 1. The van der Waals surface area contributed by atoms with Crippen LogP contribution in [0.15, 0.2) is 12.5 Å². The topological polar surface area (TPSA) is 107 Å². The summed E-state index contributed by atoms with van der Waals surface area (Å²) in [6.07, 6.45) is 3.69. The van der Waals surface area contributed by atoms with Crippen molar-refractivity contribution >= 4 is 11.9 Å². The summed E-state index contributed by atoms with van der Waals surface area (Å²) in [5, 5.41) is 17.2. The molecule has 3 N–H and O–H groups in total. The zero-order valence-electron chi connectivity index (χ0n) is 8.59. The van der Waals surface area contributed by atoms with Crippen LogP contribution in [0, 0.1) is 0 Å². The average molecular weight is 227 g/mol. The van der Waals surface area contributed by atoms with Gasteiger partial charge in [-0.2, -0.15) is 0 Å². The lowest BCUT2D eigenvalue weighted by molar-refractivity contribution is -0.141. The number of carbonyl (C=O) groups is 2. The standard InChI is InChI=1S/C9H13N3O4/c13-8(14)4-12(5-9(15)16)2-1-7-3-10-6-11-7/h3,6H,1-2,4-5H2,(H,10,11)(H,13,14)(H,15,16). The number of imidazole rings is 1. The largest absolute Gasteiger partial charge is 0.480 e. The third-order valence-electron chi connectivity index (χ3n) is 1.97. The Bertz CT molecular complexity index is 334. The van der Waals surface area contributed by atoms with E-state index in [9.17, 15) is 9.59 Å². The molecule has 0 spiro atoms. The van der Waals surface area contributed by atoms with Crippen molar-refractivity contribution in [2.75, 3.05) is 19.6 Å². The monoisotopic (exact) mass is 227 g/mol. The van der Waals surface area contributed by atoms with Gasteiger partial charge in [0.15, 0.2) is 0 Å². The van der Waals surface area contributed by atoms with E-state index >= 15 is 0 Å². The Morgan fingerprint density at radius 1 is 1.31 bits per heavy atom. The number of carboxylic acids is 2. The molecule has 7 heteroatoms. The first kappa shape index (κ1) is 12.2. The van der Waals surface area contributed by atoms with Crippen LogP contribution in [-0.4, -0.2) is 56.7 Å². The molecule has 16 heavy (non-hydrogen) atoms. The van der Waals surface area contributed by atoms with E-state index in [0.717, 1.165) is 5.69 Å². The van der Waals surface area contributed by atoms with Crippen LogP contribution in [0.4, 0.5) is 0 Å². The molecule has 0 aliphatic heterocycles. The fourth-order valence-electron chi connectivity index (χ4n) is 1.30. The third kappa shape index (κ3) is 4.56. The Hall–Kier alpha value is -1.89. The number of aliphatic carboxylic acids is 2. The molecule has 1 aromatic rings. The number of aromatic amines is 1. The van der Waals surface area contributed by atoms with Gasteiger partial charge >= 0.3 is 11.9 Å². The molecule has 0 saturated carbocycles. The van der Waals surface area contributed by atoms with E-state index in [-0.39, 0.29) is 13.1 Å². The van der Waals surface area contributed by atoms with E-state index < -0.39 is 11.9 Å². The second kappa shape index (κ2) is 5.86.